The van der Waals surface area contributed by atoms with Crippen molar-refractivity contribution in [3.05, 3.63) is 46.9 Å². The molecule has 0 bridgehead atoms. The molecule has 0 aliphatic carbocycles. The van der Waals surface area contributed by atoms with Crippen molar-refractivity contribution in [3.8, 4) is 5.75 Å². The van der Waals surface area contributed by atoms with Crippen LogP contribution in [0, 0.1) is 5.41 Å². The van der Waals surface area contributed by atoms with E-state index in [1.807, 2.05) is 39.0 Å². The SMILES string of the molecule is COc1ccccc1/C=C1/C(=O)N2C(C(=O)O)=C(C(C)(C)C)OC12. The van der Waals surface area contributed by atoms with Gasteiger partial charge < -0.3 is 14.6 Å². The molecule has 2 aliphatic heterocycles. The number of ether oxygens (including phenoxy) is 2. The first kappa shape index (κ1) is 16.1. The Labute approximate surface area is 140 Å². The van der Waals surface area contributed by atoms with Crippen molar-refractivity contribution < 1.29 is 24.2 Å². The monoisotopic (exact) mass is 329 g/mol. The number of carboxylic acids is 1. The number of hydrogen-bond acceptors (Lipinski definition) is 4. The topological polar surface area (TPSA) is 76.1 Å². The molecule has 0 radical (unpaired) electrons. The van der Waals surface area contributed by atoms with Gasteiger partial charge in [-0.25, -0.2) is 4.79 Å². The number of β-lactam (4-membered cyclic amide) rings is 1. The molecule has 1 amide bonds. The van der Waals surface area contributed by atoms with Gasteiger partial charge in [0.2, 0.25) is 6.23 Å². The lowest BCUT2D eigenvalue weighted by Gasteiger charge is -2.36. The van der Waals surface area contributed by atoms with E-state index in [-0.39, 0.29) is 11.6 Å². The van der Waals surface area contributed by atoms with Crippen LogP contribution in [0.3, 0.4) is 0 Å². The minimum atomic E-state index is -1.16. The van der Waals surface area contributed by atoms with Crippen molar-refractivity contribution in [3.63, 3.8) is 0 Å². The fraction of sp³-hybridized carbons (Fsp3) is 0.333. The van der Waals surface area contributed by atoms with Gasteiger partial charge in [0.1, 0.15) is 11.5 Å². The summed E-state index contributed by atoms with van der Waals surface area (Å²) in [5, 5.41) is 9.47. The molecule has 0 saturated carbocycles. The molecule has 6 nitrogen and oxygen atoms in total. The van der Waals surface area contributed by atoms with Gasteiger partial charge in [0, 0.05) is 11.0 Å². The number of fused-ring (bicyclic) bond motifs is 1. The van der Waals surface area contributed by atoms with Gasteiger partial charge in [-0.1, -0.05) is 39.0 Å². The molecule has 2 heterocycles. The third-order valence-corrected chi connectivity index (χ3v) is 3.99. The van der Waals surface area contributed by atoms with Crippen molar-refractivity contribution in [2.45, 2.75) is 27.0 Å². The maximum absolute atomic E-state index is 12.5. The van der Waals surface area contributed by atoms with Gasteiger partial charge in [-0.05, 0) is 12.1 Å². The van der Waals surface area contributed by atoms with Gasteiger partial charge in [0.25, 0.3) is 5.91 Å². The predicted octanol–water partition coefficient (Wildman–Crippen LogP) is 2.62. The molecule has 1 aromatic rings. The fourth-order valence-electron chi connectivity index (χ4n) is 2.85. The van der Waals surface area contributed by atoms with Gasteiger partial charge in [-0.15, -0.1) is 0 Å². The molecular formula is C18H19NO5. The minimum absolute atomic E-state index is 0.0744. The molecule has 0 spiro atoms. The highest BCUT2D eigenvalue weighted by Crippen LogP contribution is 2.46. The summed E-state index contributed by atoms with van der Waals surface area (Å²) in [4.78, 5) is 25.3. The van der Waals surface area contributed by atoms with E-state index in [0.717, 1.165) is 5.56 Å². The first-order valence-electron chi connectivity index (χ1n) is 7.58. The van der Waals surface area contributed by atoms with Crippen LogP contribution in [0.1, 0.15) is 26.3 Å². The number of benzene rings is 1. The Balaban J connectivity index is 1.99. The van der Waals surface area contributed by atoms with Crippen LogP contribution < -0.4 is 4.74 Å². The van der Waals surface area contributed by atoms with Gasteiger partial charge in [-0.2, -0.15) is 0 Å². The summed E-state index contributed by atoms with van der Waals surface area (Å²) in [5.41, 5.74) is 0.570. The maximum atomic E-state index is 12.5. The number of para-hydroxylation sites is 1. The number of methoxy groups -OCH3 is 1. The number of carbonyl (C=O) groups excluding carboxylic acids is 1. The lowest BCUT2D eigenvalue weighted by molar-refractivity contribution is -0.147. The molecule has 126 valence electrons. The third-order valence-electron chi connectivity index (χ3n) is 3.99. The molecule has 1 saturated heterocycles. The van der Waals surface area contributed by atoms with E-state index in [0.29, 0.717) is 17.1 Å². The van der Waals surface area contributed by atoms with E-state index in [2.05, 4.69) is 0 Å². The Bertz CT molecular complexity index is 785. The number of carboxylic acid groups (broad SMARTS) is 1. The van der Waals surface area contributed by atoms with Crippen LogP contribution >= 0.6 is 0 Å². The van der Waals surface area contributed by atoms with Crippen LogP contribution in [0.25, 0.3) is 6.08 Å². The van der Waals surface area contributed by atoms with Crippen molar-refractivity contribution in [1.82, 2.24) is 4.90 Å². The number of rotatable bonds is 3. The van der Waals surface area contributed by atoms with Crippen molar-refractivity contribution in [1.29, 1.82) is 0 Å². The normalized spacial score (nSPS) is 21.5. The van der Waals surface area contributed by atoms with E-state index < -0.39 is 17.6 Å². The average molecular weight is 329 g/mol. The molecule has 6 heteroatoms. The smallest absolute Gasteiger partial charge is 0.356 e. The third kappa shape index (κ3) is 2.35. The quantitative estimate of drug-likeness (QED) is 0.681. The maximum Gasteiger partial charge on any atom is 0.356 e. The Morgan fingerprint density at radius 1 is 1.33 bits per heavy atom. The summed E-state index contributed by atoms with van der Waals surface area (Å²) in [7, 11) is 1.56. The summed E-state index contributed by atoms with van der Waals surface area (Å²) < 4.78 is 11.1. The van der Waals surface area contributed by atoms with Crippen molar-refractivity contribution in [2.75, 3.05) is 7.11 Å². The summed E-state index contributed by atoms with van der Waals surface area (Å²) in [6.45, 7) is 5.56. The molecule has 1 fully saturated rings. The molecule has 3 rings (SSSR count). The number of aliphatic carboxylic acids is 1. The van der Waals surface area contributed by atoms with Crippen LogP contribution in [-0.4, -0.2) is 35.2 Å². The average Bonchev–Trinajstić information content (AvgIpc) is 2.89. The molecule has 1 N–H and O–H groups in total. The predicted molar refractivity (Wildman–Crippen MR) is 86.8 cm³/mol. The zero-order chi connectivity index (χ0) is 17.6. The molecule has 0 aromatic heterocycles. The summed E-state index contributed by atoms with van der Waals surface area (Å²) in [6.07, 6.45) is 0.996. The van der Waals surface area contributed by atoms with Gasteiger partial charge in [-0.3, -0.25) is 9.69 Å². The Hall–Kier alpha value is -2.76. The summed E-state index contributed by atoms with van der Waals surface area (Å²) >= 11 is 0. The zero-order valence-electron chi connectivity index (χ0n) is 14.0. The first-order chi connectivity index (χ1) is 11.3. The lowest BCUT2D eigenvalue weighted by atomic mass is 9.92. The highest BCUT2D eigenvalue weighted by molar-refractivity contribution is 6.10. The molecule has 1 aromatic carbocycles. The largest absolute Gasteiger partial charge is 0.496 e. The molecular weight excluding hydrogens is 310 g/mol. The second-order valence-corrected chi connectivity index (χ2v) is 6.72. The Morgan fingerprint density at radius 3 is 2.58 bits per heavy atom. The molecule has 2 aliphatic rings. The van der Waals surface area contributed by atoms with Crippen LogP contribution in [-0.2, 0) is 14.3 Å². The van der Waals surface area contributed by atoms with E-state index in [1.54, 1.807) is 19.3 Å². The molecule has 24 heavy (non-hydrogen) atoms. The van der Waals surface area contributed by atoms with E-state index in [4.69, 9.17) is 9.47 Å². The minimum Gasteiger partial charge on any atom is -0.496 e. The Kier molecular flexibility index (Phi) is 3.63. The van der Waals surface area contributed by atoms with Gasteiger partial charge >= 0.3 is 5.97 Å². The highest BCUT2D eigenvalue weighted by atomic mass is 16.5. The number of carbonyl (C=O) groups is 2. The standard InChI is InChI=1S/C18H19NO5/c1-18(2,3)14-13(17(21)22)19-15(20)11(16(19)24-14)9-10-7-5-6-8-12(10)23-4/h5-9,16H,1-4H3,(H,21,22)/b11-9-. The van der Waals surface area contributed by atoms with E-state index in [9.17, 15) is 14.7 Å². The summed E-state index contributed by atoms with van der Waals surface area (Å²) in [5.74, 6) is -0.567. The number of allylic oxidation sites excluding steroid dienone is 1. The molecule has 1 unspecified atom stereocenters. The molecule has 1 atom stereocenters. The number of amides is 1. The van der Waals surface area contributed by atoms with Crippen LogP contribution in [0.5, 0.6) is 5.75 Å². The highest BCUT2D eigenvalue weighted by Gasteiger charge is 2.55. The Morgan fingerprint density at radius 2 is 2.00 bits per heavy atom. The van der Waals surface area contributed by atoms with E-state index in [1.165, 1.54) is 4.90 Å². The number of nitrogens with zero attached hydrogens (tertiary/aromatic N) is 1. The van der Waals surface area contributed by atoms with E-state index >= 15 is 0 Å². The van der Waals surface area contributed by atoms with Gasteiger partial charge in [0.05, 0.1) is 12.7 Å². The fourth-order valence-corrected chi connectivity index (χ4v) is 2.85. The summed E-state index contributed by atoms with van der Waals surface area (Å²) in [6, 6.07) is 7.30. The second-order valence-electron chi connectivity index (χ2n) is 6.72. The second kappa shape index (κ2) is 5.40. The van der Waals surface area contributed by atoms with Gasteiger partial charge in [0.15, 0.2) is 5.70 Å². The van der Waals surface area contributed by atoms with Crippen LogP contribution in [0.2, 0.25) is 0 Å². The van der Waals surface area contributed by atoms with Crippen LogP contribution in [0.4, 0.5) is 0 Å². The first-order valence-corrected chi connectivity index (χ1v) is 7.58. The number of hydrogen-bond donors (Lipinski definition) is 1. The van der Waals surface area contributed by atoms with Crippen LogP contribution in [0.15, 0.2) is 41.3 Å². The zero-order valence-corrected chi connectivity index (χ0v) is 14.0. The lowest BCUT2D eigenvalue weighted by Crippen LogP contribution is -2.52. The van der Waals surface area contributed by atoms with Crippen molar-refractivity contribution in [2.24, 2.45) is 5.41 Å². The van der Waals surface area contributed by atoms with Crippen molar-refractivity contribution >= 4 is 18.0 Å².